The topological polar surface area (TPSA) is 23.5 Å². The summed E-state index contributed by atoms with van der Waals surface area (Å²) in [6.07, 6.45) is 0.908. The molecular weight excluding hydrogens is 162 g/mol. The average Bonchev–Trinajstić information content (AvgIpc) is 2.01. The van der Waals surface area contributed by atoms with Crippen LogP contribution in [0.15, 0.2) is 0 Å². The Kier molecular flexibility index (Phi) is 4.93. The highest BCUT2D eigenvalue weighted by Crippen LogP contribution is 2.22. The van der Waals surface area contributed by atoms with Gasteiger partial charge in [-0.05, 0) is 27.3 Å². The molecule has 0 saturated heterocycles. The van der Waals surface area contributed by atoms with Crippen LogP contribution >= 0.6 is 0 Å². The molecule has 2 heteroatoms. The van der Waals surface area contributed by atoms with E-state index in [1.54, 1.807) is 0 Å². The summed E-state index contributed by atoms with van der Waals surface area (Å²) in [5, 5.41) is 9.56. The third kappa shape index (κ3) is 4.10. The van der Waals surface area contributed by atoms with Crippen molar-refractivity contribution in [3.63, 3.8) is 0 Å². The van der Waals surface area contributed by atoms with Gasteiger partial charge in [0.1, 0.15) is 0 Å². The highest BCUT2D eigenvalue weighted by molar-refractivity contribution is 4.79. The zero-order chi connectivity index (χ0) is 10.6. The van der Waals surface area contributed by atoms with Crippen LogP contribution in [0.25, 0.3) is 0 Å². The number of aliphatic hydroxyl groups excluding tert-OH is 1. The minimum atomic E-state index is -0.251. The van der Waals surface area contributed by atoms with Gasteiger partial charge in [0.2, 0.25) is 0 Å². The standard InChI is InChI=1S/C11H25NO/c1-7-9(2)12(6)8-11(4,5)10(3)13/h9-10,13H,7-8H2,1-6H3. The van der Waals surface area contributed by atoms with Crippen molar-refractivity contribution in [3.05, 3.63) is 0 Å². The van der Waals surface area contributed by atoms with Crippen LogP contribution in [0.3, 0.4) is 0 Å². The van der Waals surface area contributed by atoms with Gasteiger partial charge in [-0.2, -0.15) is 0 Å². The lowest BCUT2D eigenvalue weighted by Crippen LogP contribution is -2.42. The lowest BCUT2D eigenvalue weighted by atomic mass is 9.86. The Morgan fingerprint density at radius 2 is 1.77 bits per heavy atom. The second-order valence-corrected chi connectivity index (χ2v) is 4.84. The Hall–Kier alpha value is -0.0800. The van der Waals surface area contributed by atoms with Gasteiger partial charge in [-0.15, -0.1) is 0 Å². The number of rotatable bonds is 5. The molecule has 0 aromatic heterocycles. The molecule has 2 nitrogen and oxygen atoms in total. The fourth-order valence-corrected chi connectivity index (χ4v) is 1.24. The molecule has 2 atom stereocenters. The molecule has 0 radical (unpaired) electrons. The van der Waals surface area contributed by atoms with E-state index in [1.165, 1.54) is 0 Å². The second-order valence-electron chi connectivity index (χ2n) is 4.84. The molecule has 0 fully saturated rings. The Labute approximate surface area is 82.9 Å². The number of aliphatic hydroxyl groups is 1. The lowest BCUT2D eigenvalue weighted by molar-refractivity contribution is 0.0320. The first-order valence-corrected chi connectivity index (χ1v) is 5.19. The summed E-state index contributed by atoms with van der Waals surface area (Å²) in [5.41, 5.74) is -0.0157. The zero-order valence-corrected chi connectivity index (χ0v) is 9.96. The van der Waals surface area contributed by atoms with E-state index in [4.69, 9.17) is 0 Å². The summed E-state index contributed by atoms with van der Waals surface area (Å²) in [4.78, 5) is 2.31. The second kappa shape index (κ2) is 4.97. The number of hydrogen-bond acceptors (Lipinski definition) is 2. The SMILES string of the molecule is CCC(C)N(C)CC(C)(C)C(C)O. The van der Waals surface area contributed by atoms with Gasteiger partial charge in [0.15, 0.2) is 0 Å². The molecule has 0 aliphatic carbocycles. The van der Waals surface area contributed by atoms with Crippen molar-refractivity contribution in [2.45, 2.75) is 53.2 Å². The fraction of sp³-hybridized carbons (Fsp3) is 1.00. The third-order valence-electron chi connectivity index (χ3n) is 3.13. The molecule has 1 N–H and O–H groups in total. The summed E-state index contributed by atoms with van der Waals surface area (Å²) < 4.78 is 0. The number of nitrogens with zero attached hydrogens (tertiary/aromatic N) is 1. The largest absolute Gasteiger partial charge is 0.393 e. The van der Waals surface area contributed by atoms with Crippen LogP contribution < -0.4 is 0 Å². The molecule has 0 aromatic carbocycles. The van der Waals surface area contributed by atoms with Gasteiger partial charge < -0.3 is 10.0 Å². The first-order valence-electron chi connectivity index (χ1n) is 5.19. The molecule has 0 aromatic rings. The minimum Gasteiger partial charge on any atom is -0.393 e. The van der Waals surface area contributed by atoms with E-state index >= 15 is 0 Å². The Bertz CT molecular complexity index is 143. The molecule has 0 spiro atoms. The molecular formula is C11H25NO. The van der Waals surface area contributed by atoms with Crippen LogP contribution in [0.4, 0.5) is 0 Å². The van der Waals surface area contributed by atoms with Crippen LogP contribution in [-0.2, 0) is 0 Å². The van der Waals surface area contributed by atoms with E-state index < -0.39 is 0 Å². The molecule has 0 heterocycles. The van der Waals surface area contributed by atoms with E-state index in [0.717, 1.165) is 13.0 Å². The summed E-state index contributed by atoms with van der Waals surface area (Å²) in [6.45, 7) is 11.4. The molecule has 0 rings (SSSR count). The fourth-order valence-electron chi connectivity index (χ4n) is 1.24. The van der Waals surface area contributed by atoms with Crippen LogP contribution in [0.2, 0.25) is 0 Å². The predicted molar refractivity (Wildman–Crippen MR) is 57.8 cm³/mol. The highest BCUT2D eigenvalue weighted by atomic mass is 16.3. The smallest absolute Gasteiger partial charge is 0.0575 e. The molecule has 0 aliphatic rings. The molecule has 2 unspecified atom stereocenters. The van der Waals surface area contributed by atoms with Crippen LogP contribution in [0, 0.1) is 5.41 Å². The van der Waals surface area contributed by atoms with Crippen LogP contribution in [0.1, 0.15) is 41.0 Å². The van der Waals surface area contributed by atoms with Crippen molar-refractivity contribution in [1.82, 2.24) is 4.90 Å². The summed E-state index contributed by atoms with van der Waals surface area (Å²) in [7, 11) is 2.12. The van der Waals surface area contributed by atoms with Crippen molar-refractivity contribution in [2.24, 2.45) is 5.41 Å². The Balaban J connectivity index is 4.11. The molecule has 0 aliphatic heterocycles. The van der Waals surface area contributed by atoms with E-state index in [-0.39, 0.29) is 11.5 Å². The summed E-state index contributed by atoms with van der Waals surface area (Å²) in [6, 6.07) is 0.595. The van der Waals surface area contributed by atoms with Gasteiger partial charge in [0.05, 0.1) is 6.10 Å². The first kappa shape index (κ1) is 12.9. The van der Waals surface area contributed by atoms with Crippen molar-refractivity contribution in [2.75, 3.05) is 13.6 Å². The third-order valence-corrected chi connectivity index (χ3v) is 3.13. The predicted octanol–water partition coefficient (Wildman–Crippen LogP) is 2.12. The summed E-state index contributed by atoms with van der Waals surface area (Å²) >= 11 is 0. The quantitative estimate of drug-likeness (QED) is 0.712. The maximum Gasteiger partial charge on any atom is 0.0575 e. The molecule has 0 amide bonds. The minimum absolute atomic E-state index is 0.0157. The molecule has 0 saturated carbocycles. The normalized spacial score (nSPS) is 17.5. The first-order chi connectivity index (χ1) is 5.81. The molecule has 0 bridgehead atoms. The van der Waals surface area contributed by atoms with Crippen LogP contribution in [-0.4, -0.2) is 35.7 Å². The molecule has 80 valence electrons. The highest BCUT2D eigenvalue weighted by Gasteiger charge is 2.26. The van der Waals surface area contributed by atoms with Crippen LogP contribution in [0.5, 0.6) is 0 Å². The van der Waals surface area contributed by atoms with Gasteiger partial charge in [-0.1, -0.05) is 20.8 Å². The van der Waals surface area contributed by atoms with E-state index in [9.17, 15) is 5.11 Å². The monoisotopic (exact) mass is 187 g/mol. The van der Waals surface area contributed by atoms with Crippen molar-refractivity contribution in [3.8, 4) is 0 Å². The van der Waals surface area contributed by atoms with Gasteiger partial charge >= 0.3 is 0 Å². The maximum atomic E-state index is 9.56. The van der Waals surface area contributed by atoms with Crippen molar-refractivity contribution in [1.29, 1.82) is 0 Å². The van der Waals surface area contributed by atoms with Gasteiger partial charge in [-0.25, -0.2) is 0 Å². The van der Waals surface area contributed by atoms with Gasteiger partial charge in [-0.3, -0.25) is 0 Å². The average molecular weight is 187 g/mol. The van der Waals surface area contributed by atoms with Crippen molar-refractivity contribution >= 4 is 0 Å². The maximum absolute atomic E-state index is 9.56. The van der Waals surface area contributed by atoms with Crippen molar-refractivity contribution < 1.29 is 5.11 Å². The number of hydrogen-bond donors (Lipinski definition) is 1. The van der Waals surface area contributed by atoms with E-state index in [2.05, 4.69) is 39.6 Å². The zero-order valence-electron chi connectivity index (χ0n) is 9.96. The van der Waals surface area contributed by atoms with Gasteiger partial charge in [0.25, 0.3) is 0 Å². The molecule has 13 heavy (non-hydrogen) atoms. The van der Waals surface area contributed by atoms with Gasteiger partial charge in [0, 0.05) is 18.0 Å². The summed E-state index contributed by atoms with van der Waals surface area (Å²) in [5.74, 6) is 0. The van der Waals surface area contributed by atoms with E-state index in [1.807, 2.05) is 6.92 Å². The van der Waals surface area contributed by atoms with E-state index in [0.29, 0.717) is 6.04 Å². The lowest BCUT2D eigenvalue weighted by Gasteiger charge is -2.35. The Morgan fingerprint density at radius 1 is 1.31 bits per heavy atom. The Morgan fingerprint density at radius 3 is 2.08 bits per heavy atom.